The van der Waals surface area contributed by atoms with Gasteiger partial charge in [0.25, 0.3) is 6.33 Å². The molecule has 4 aromatic carbocycles. The topological polar surface area (TPSA) is 40.0 Å². The molecule has 150 valence electrons. The quantitative estimate of drug-likeness (QED) is 0.172. The number of hydrogen-bond acceptors (Lipinski definition) is 1. The molecule has 2 heterocycles. The summed E-state index contributed by atoms with van der Waals surface area (Å²) >= 11 is 0. The van der Waals surface area contributed by atoms with E-state index in [1.165, 1.54) is 5.39 Å². The second-order valence-electron chi connectivity index (χ2n) is 6.81. The number of benzene rings is 4. The van der Waals surface area contributed by atoms with Crippen LogP contribution in [0.2, 0.25) is 0 Å². The Balaban J connectivity index is 0.000000750. The molecule has 0 atom stereocenters. The van der Waals surface area contributed by atoms with E-state index >= 15 is 0 Å². The normalized spacial score (nSPS) is 10.6. The maximum Gasteiger partial charge on any atom is 4.00 e. The first-order chi connectivity index (χ1) is 14.9. The summed E-state index contributed by atoms with van der Waals surface area (Å²) in [7, 11) is 0. The van der Waals surface area contributed by atoms with Crippen molar-refractivity contribution in [3.63, 3.8) is 0 Å². The molecule has 0 radical (unpaired) electrons. The molecule has 0 unspecified atom stereocenters. The number of fused-ring (bicyclic) bond motifs is 4. The summed E-state index contributed by atoms with van der Waals surface area (Å²) in [6, 6.07) is 34.2. The summed E-state index contributed by atoms with van der Waals surface area (Å²) in [6.45, 7) is 3.25. The molecule has 0 spiro atoms. The fourth-order valence-electron chi connectivity index (χ4n) is 3.91. The Morgan fingerprint density at radius 1 is 0.806 bits per heavy atom. The second kappa shape index (κ2) is 8.71. The number of nitrogens with zero attached hydrogens (tertiary/aromatic N) is 3. The van der Waals surface area contributed by atoms with E-state index in [9.17, 15) is 0 Å². The van der Waals surface area contributed by atoms with E-state index in [1.807, 2.05) is 30.3 Å². The zero-order chi connectivity index (χ0) is 20.5. The third-order valence-electron chi connectivity index (χ3n) is 5.18. The molecule has 2 aromatic heterocycles. The Morgan fingerprint density at radius 3 is 2.39 bits per heavy atom. The van der Waals surface area contributed by atoms with Gasteiger partial charge in [0, 0.05) is 0 Å². The van der Waals surface area contributed by atoms with Gasteiger partial charge in [-0.1, -0.05) is 66.7 Å². The molecule has 0 saturated heterocycles. The first-order valence-corrected chi connectivity index (χ1v) is 9.50. The number of para-hydroxylation sites is 5. The van der Waals surface area contributed by atoms with Crippen molar-refractivity contribution < 1.29 is 30.4 Å². The number of hydrogen-bond donors (Lipinski definition) is 0. The molecule has 0 aliphatic heterocycles. The van der Waals surface area contributed by atoms with Gasteiger partial charge in [0.05, 0.1) is 16.7 Å². The van der Waals surface area contributed by atoms with Crippen LogP contribution in [-0.2, 0) is 25.9 Å². The molecule has 0 N–H and O–H groups in total. The maximum atomic E-state index is 7.75. The molecule has 6 rings (SSSR count). The summed E-state index contributed by atoms with van der Waals surface area (Å²) in [5.74, 6) is 0. The van der Waals surface area contributed by atoms with E-state index in [0.29, 0.717) is 0 Å². The van der Waals surface area contributed by atoms with Gasteiger partial charge in [-0.15, -0.1) is 11.0 Å². The van der Waals surface area contributed by atoms with Crippen LogP contribution < -0.4 is 9.55 Å². The molecule has 0 saturated carbocycles. The predicted molar refractivity (Wildman–Crippen MR) is 118 cm³/mol. The van der Waals surface area contributed by atoms with Crippen molar-refractivity contribution in [2.45, 2.75) is 0 Å². The van der Waals surface area contributed by atoms with E-state index in [-0.39, 0.29) is 21.1 Å². The van der Waals surface area contributed by atoms with Gasteiger partial charge in [-0.25, -0.2) is 0 Å². The monoisotopic (exact) mass is 581 g/mol. The fraction of sp³-hybridized carbons (Fsp3) is 0. The molecule has 0 amide bonds. The van der Waals surface area contributed by atoms with Gasteiger partial charge in [0.2, 0.25) is 0 Å². The van der Waals surface area contributed by atoms with Gasteiger partial charge < -0.3 is 14.3 Å². The predicted octanol–water partition coefficient (Wildman–Crippen LogP) is 4.49. The van der Waals surface area contributed by atoms with Crippen LogP contribution in [0.15, 0.2) is 91.0 Å². The van der Waals surface area contributed by atoms with Gasteiger partial charge in [-0.3, -0.25) is 11.4 Å². The SMILES string of the molecule is [CH-]=O.[Pt+4].[c-]1ccccc1-n1[c-][n+](-c2cccc3c2[n-]c2ccccc23)c2ccccc21. The minimum atomic E-state index is 0. The van der Waals surface area contributed by atoms with Crippen molar-refractivity contribution >= 4 is 39.6 Å². The summed E-state index contributed by atoms with van der Waals surface area (Å²) in [5, 5.41) is 2.34. The number of aromatic nitrogens is 3. The van der Waals surface area contributed by atoms with Gasteiger partial charge in [-0.05, 0) is 16.5 Å². The number of rotatable bonds is 2. The van der Waals surface area contributed by atoms with E-state index < -0.39 is 0 Å². The van der Waals surface area contributed by atoms with Crippen molar-refractivity contribution in [1.82, 2.24) is 9.55 Å². The average molecular weight is 582 g/mol. The maximum absolute atomic E-state index is 7.75. The van der Waals surface area contributed by atoms with Crippen molar-refractivity contribution in [3.8, 4) is 11.4 Å². The van der Waals surface area contributed by atoms with Crippen LogP contribution in [0.5, 0.6) is 0 Å². The molecule has 0 fully saturated rings. The van der Waals surface area contributed by atoms with Crippen LogP contribution >= 0.6 is 0 Å². The molecular weight excluding hydrogens is 565 g/mol. The molecule has 0 aliphatic rings. The van der Waals surface area contributed by atoms with E-state index in [1.54, 1.807) is 0 Å². The van der Waals surface area contributed by atoms with Gasteiger partial charge in [0.15, 0.2) is 0 Å². The van der Waals surface area contributed by atoms with Crippen LogP contribution in [-0.4, -0.2) is 11.4 Å². The molecule has 6 aromatic rings. The largest absolute Gasteiger partial charge is 4.00 e. The summed E-state index contributed by atoms with van der Waals surface area (Å²) in [5.41, 5.74) is 6.16. The fourth-order valence-corrected chi connectivity index (χ4v) is 3.91. The minimum absolute atomic E-state index is 0. The molecule has 5 heteroatoms. The second-order valence-corrected chi connectivity index (χ2v) is 6.81. The van der Waals surface area contributed by atoms with Gasteiger partial charge in [-0.2, -0.15) is 30.3 Å². The first-order valence-electron chi connectivity index (χ1n) is 9.50. The van der Waals surface area contributed by atoms with E-state index in [2.05, 4.69) is 89.0 Å². The Labute approximate surface area is 194 Å². The van der Waals surface area contributed by atoms with Crippen LogP contribution in [0.25, 0.3) is 44.2 Å². The van der Waals surface area contributed by atoms with Crippen molar-refractivity contribution in [1.29, 1.82) is 0 Å². The third kappa shape index (κ3) is 3.39. The van der Waals surface area contributed by atoms with Crippen LogP contribution in [0, 0.1) is 12.4 Å². The Morgan fingerprint density at radius 2 is 1.55 bits per heavy atom. The molecule has 0 aliphatic carbocycles. The molecule has 0 bridgehead atoms. The van der Waals surface area contributed by atoms with E-state index in [4.69, 9.17) is 9.78 Å². The zero-order valence-corrected chi connectivity index (χ0v) is 18.6. The summed E-state index contributed by atoms with van der Waals surface area (Å²) in [4.78, 5) is 12.7. The summed E-state index contributed by atoms with van der Waals surface area (Å²) in [6.07, 6.45) is 3.52. The van der Waals surface area contributed by atoms with Crippen molar-refractivity contribution in [2.75, 3.05) is 0 Å². The van der Waals surface area contributed by atoms with Gasteiger partial charge in [0.1, 0.15) is 0 Å². The van der Waals surface area contributed by atoms with Crippen LogP contribution in [0.1, 0.15) is 0 Å². The standard InChI is InChI=1S/C25H15N3.CHO.Pt/c1-2-9-18(10-3-1)27-17-28(23-15-7-6-14-22(23)27)24-16-8-12-20-19-11-4-5-13-21(19)26-25(20)24;1-2;/h1-9,11-16H;1H;/q-2;-1;+4. The van der Waals surface area contributed by atoms with Crippen molar-refractivity contribution in [3.05, 3.63) is 103 Å². The number of carbonyl (C=O) groups excluding carboxylic acids is 1. The Bertz CT molecular complexity index is 1480. The summed E-state index contributed by atoms with van der Waals surface area (Å²) < 4.78 is 4.15. The average Bonchev–Trinajstić information content (AvgIpc) is 3.40. The first kappa shape index (κ1) is 20.8. The zero-order valence-electron chi connectivity index (χ0n) is 16.3. The van der Waals surface area contributed by atoms with Crippen molar-refractivity contribution in [2.24, 2.45) is 0 Å². The van der Waals surface area contributed by atoms with Gasteiger partial charge >= 0.3 is 21.1 Å². The number of imidazole rings is 1. The van der Waals surface area contributed by atoms with Crippen LogP contribution in [0.4, 0.5) is 0 Å². The Kier molecular flexibility index (Phi) is 5.83. The molecule has 4 nitrogen and oxygen atoms in total. The smallest absolute Gasteiger partial charge is 0.660 e. The third-order valence-corrected chi connectivity index (χ3v) is 5.18. The Hall–Kier alpha value is -3.49. The molecular formula is C26H16N3OPt+. The minimum Gasteiger partial charge on any atom is -0.660 e. The van der Waals surface area contributed by atoms with Crippen LogP contribution in [0.3, 0.4) is 0 Å². The molecule has 31 heavy (non-hydrogen) atoms. The van der Waals surface area contributed by atoms with E-state index in [0.717, 1.165) is 38.8 Å².